The Morgan fingerprint density at radius 3 is 2.88 bits per heavy atom. The molecule has 2 rings (SSSR count). The zero-order chi connectivity index (χ0) is 17.4. The Kier molecular flexibility index (Phi) is 7.88. The highest BCUT2D eigenvalue weighted by atomic mass is 35.5. The van der Waals surface area contributed by atoms with E-state index in [9.17, 15) is 9.59 Å². The van der Waals surface area contributed by atoms with Crippen molar-refractivity contribution < 1.29 is 9.59 Å². The van der Waals surface area contributed by atoms with Crippen LogP contribution in [0.5, 0.6) is 0 Å². The Bertz CT molecular complexity index is 563. The molecule has 0 aliphatic carbocycles. The summed E-state index contributed by atoms with van der Waals surface area (Å²) in [5.41, 5.74) is 0.402. The third-order valence-electron chi connectivity index (χ3n) is 3.98. The van der Waals surface area contributed by atoms with Crippen LogP contribution in [0.15, 0.2) is 24.3 Å². The fourth-order valence-electron chi connectivity index (χ4n) is 2.66. The normalized spacial score (nSPS) is 16.3. The second-order valence-corrected chi connectivity index (χ2v) is 7.11. The maximum absolute atomic E-state index is 12.8. The van der Waals surface area contributed by atoms with Crippen LogP contribution in [-0.4, -0.2) is 60.9 Å². The van der Waals surface area contributed by atoms with Crippen LogP contribution in [0.2, 0.25) is 5.02 Å². The molecular weight excluding hydrogens is 346 g/mol. The molecule has 0 aromatic heterocycles. The summed E-state index contributed by atoms with van der Waals surface area (Å²) in [5.74, 6) is 0.506. The first-order chi connectivity index (χ1) is 11.6. The first kappa shape index (κ1) is 19.1. The molecule has 2 N–H and O–H groups in total. The molecule has 1 unspecified atom stereocenters. The molecule has 0 bridgehead atoms. The molecule has 0 spiro atoms. The molecule has 0 radical (unpaired) electrons. The molecule has 2 amide bonds. The number of benzene rings is 1. The SMILES string of the molecule is CSCCC(NC(=O)c1ccccc1Cl)C(=O)N1CCCNCC1. The highest BCUT2D eigenvalue weighted by molar-refractivity contribution is 7.98. The van der Waals surface area contributed by atoms with E-state index in [1.165, 1.54) is 0 Å². The topological polar surface area (TPSA) is 61.4 Å². The van der Waals surface area contributed by atoms with E-state index in [1.54, 1.807) is 36.0 Å². The van der Waals surface area contributed by atoms with Crippen LogP contribution >= 0.6 is 23.4 Å². The van der Waals surface area contributed by atoms with Gasteiger partial charge >= 0.3 is 0 Å². The van der Waals surface area contributed by atoms with E-state index in [1.807, 2.05) is 11.2 Å². The summed E-state index contributed by atoms with van der Waals surface area (Å²) in [6, 6.07) is 6.37. The maximum Gasteiger partial charge on any atom is 0.253 e. The second-order valence-electron chi connectivity index (χ2n) is 5.72. The van der Waals surface area contributed by atoms with Gasteiger partial charge in [-0.25, -0.2) is 0 Å². The van der Waals surface area contributed by atoms with E-state index in [2.05, 4.69) is 10.6 Å². The van der Waals surface area contributed by atoms with Gasteiger partial charge in [0, 0.05) is 19.6 Å². The van der Waals surface area contributed by atoms with Gasteiger partial charge in [0.25, 0.3) is 5.91 Å². The Balaban J connectivity index is 2.07. The summed E-state index contributed by atoms with van der Waals surface area (Å²) < 4.78 is 0. The summed E-state index contributed by atoms with van der Waals surface area (Å²) in [6.45, 7) is 3.12. The molecular formula is C17H24ClN3O2S. The second kappa shape index (κ2) is 9.91. The zero-order valence-electron chi connectivity index (χ0n) is 13.9. The van der Waals surface area contributed by atoms with Gasteiger partial charge in [0.05, 0.1) is 10.6 Å². The number of amides is 2. The molecule has 1 aliphatic rings. The van der Waals surface area contributed by atoms with Crippen LogP contribution in [0.1, 0.15) is 23.2 Å². The van der Waals surface area contributed by atoms with Gasteiger partial charge in [0.1, 0.15) is 6.04 Å². The van der Waals surface area contributed by atoms with Gasteiger partial charge in [0.15, 0.2) is 0 Å². The Hall–Kier alpha value is -1.24. The molecule has 1 heterocycles. The highest BCUT2D eigenvalue weighted by Crippen LogP contribution is 2.15. The summed E-state index contributed by atoms with van der Waals surface area (Å²) in [6.07, 6.45) is 3.53. The van der Waals surface area contributed by atoms with Crippen LogP contribution in [0, 0.1) is 0 Å². The van der Waals surface area contributed by atoms with Gasteiger partial charge in [-0.15, -0.1) is 0 Å². The van der Waals surface area contributed by atoms with Crippen molar-refractivity contribution in [2.24, 2.45) is 0 Å². The summed E-state index contributed by atoms with van der Waals surface area (Å²) in [5, 5.41) is 6.56. The van der Waals surface area contributed by atoms with Gasteiger partial charge in [-0.05, 0) is 43.5 Å². The average molecular weight is 370 g/mol. The summed E-state index contributed by atoms with van der Waals surface area (Å²) in [7, 11) is 0. The van der Waals surface area contributed by atoms with E-state index in [-0.39, 0.29) is 11.8 Å². The van der Waals surface area contributed by atoms with Crippen molar-refractivity contribution in [1.29, 1.82) is 0 Å². The number of hydrogen-bond donors (Lipinski definition) is 2. The fraction of sp³-hybridized carbons (Fsp3) is 0.529. The number of nitrogens with zero attached hydrogens (tertiary/aromatic N) is 1. The lowest BCUT2D eigenvalue weighted by atomic mass is 10.1. The Morgan fingerprint density at radius 1 is 1.33 bits per heavy atom. The first-order valence-corrected chi connectivity index (χ1v) is 9.94. The molecule has 5 nitrogen and oxygen atoms in total. The molecule has 1 aromatic rings. The molecule has 1 aromatic carbocycles. The van der Waals surface area contributed by atoms with Crippen molar-refractivity contribution in [3.05, 3.63) is 34.9 Å². The smallest absolute Gasteiger partial charge is 0.253 e. The molecule has 1 saturated heterocycles. The lowest BCUT2D eigenvalue weighted by molar-refractivity contribution is -0.133. The number of halogens is 1. The average Bonchev–Trinajstić information content (AvgIpc) is 2.87. The van der Waals surface area contributed by atoms with Crippen LogP contribution in [0.3, 0.4) is 0 Å². The lowest BCUT2D eigenvalue weighted by Crippen LogP contribution is -2.49. The van der Waals surface area contributed by atoms with Crippen LogP contribution in [0.25, 0.3) is 0 Å². The summed E-state index contributed by atoms with van der Waals surface area (Å²) in [4.78, 5) is 27.2. The minimum Gasteiger partial charge on any atom is -0.340 e. The Morgan fingerprint density at radius 2 is 2.12 bits per heavy atom. The maximum atomic E-state index is 12.8. The Labute approximate surface area is 152 Å². The van der Waals surface area contributed by atoms with Gasteiger partial charge < -0.3 is 15.5 Å². The lowest BCUT2D eigenvalue weighted by Gasteiger charge is -2.26. The third kappa shape index (κ3) is 5.40. The van der Waals surface area contributed by atoms with Crippen molar-refractivity contribution in [1.82, 2.24) is 15.5 Å². The van der Waals surface area contributed by atoms with Crippen molar-refractivity contribution in [2.45, 2.75) is 18.9 Å². The van der Waals surface area contributed by atoms with E-state index >= 15 is 0 Å². The molecule has 132 valence electrons. The third-order valence-corrected chi connectivity index (χ3v) is 4.96. The van der Waals surface area contributed by atoms with E-state index in [0.717, 1.165) is 31.8 Å². The van der Waals surface area contributed by atoms with Gasteiger partial charge in [-0.3, -0.25) is 9.59 Å². The van der Waals surface area contributed by atoms with Gasteiger partial charge in [-0.2, -0.15) is 11.8 Å². The van der Waals surface area contributed by atoms with Crippen LogP contribution in [0.4, 0.5) is 0 Å². The molecule has 1 aliphatic heterocycles. The number of carbonyl (C=O) groups excluding carboxylic acids is 2. The van der Waals surface area contributed by atoms with E-state index < -0.39 is 6.04 Å². The monoisotopic (exact) mass is 369 g/mol. The standard InChI is InChI=1S/C17H24ClN3O2S/c1-24-12-7-15(17(23)21-10-4-8-19-9-11-21)20-16(22)13-5-2-3-6-14(13)18/h2-3,5-6,15,19H,4,7-12H2,1H3,(H,20,22). The molecule has 24 heavy (non-hydrogen) atoms. The van der Waals surface area contributed by atoms with Gasteiger partial charge in [-0.1, -0.05) is 23.7 Å². The summed E-state index contributed by atoms with van der Waals surface area (Å²) >= 11 is 7.75. The van der Waals surface area contributed by atoms with Gasteiger partial charge in [0.2, 0.25) is 5.91 Å². The fourth-order valence-corrected chi connectivity index (χ4v) is 3.35. The van der Waals surface area contributed by atoms with E-state index in [4.69, 9.17) is 11.6 Å². The number of carbonyl (C=O) groups is 2. The number of nitrogens with one attached hydrogen (secondary N) is 2. The number of rotatable bonds is 6. The largest absolute Gasteiger partial charge is 0.340 e. The first-order valence-electron chi connectivity index (χ1n) is 8.17. The van der Waals surface area contributed by atoms with Crippen LogP contribution < -0.4 is 10.6 Å². The number of hydrogen-bond acceptors (Lipinski definition) is 4. The van der Waals surface area contributed by atoms with Crippen molar-refractivity contribution >= 4 is 35.2 Å². The predicted molar refractivity (Wildman–Crippen MR) is 99.8 cm³/mol. The van der Waals surface area contributed by atoms with Crippen LogP contribution in [-0.2, 0) is 4.79 Å². The van der Waals surface area contributed by atoms with Crippen molar-refractivity contribution in [3.8, 4) is 0 Å². The minimum atomic E-state index is -0.515. The molecule has 0 saturated carbocycles. The van der Waals surface area contributed by atoms with Crippen molar-refractivity contribution in [3.63, 3.8) is 0 Å². The number of thioether (sulfide) groups is 1. The quantitative estimate of drug-likeness (QED) is 0.805. The molecule has 1 atom stereocenters. The molecule has 1 fully saturated rings. The minimum absolute atomic E-state index is 0.00634. The van der Waals surface area contributed by atoms with E-state index in [0.29, 0.717) is 23.6 Å². The molecule has 7 heteroatoms. The van der Waals surface area contributed by atoms with Crippen molar-refractivity contribution in [2.75, 3.05) is 38.2 Å². The highest BCUT2D eigenvalue weighted by Gasteiger charge is 2.26. The predicted octanol–water partition coefficient (Wildman–Crippen LogP) is 2.01. The zero-order valence-corrected chi connectivity index (χ0v) is 15.5.